The number of hydrogen-bond acceptors (Lipinski definition) is 4. The van der Waals surface area contributed by atoms with Gasteiger partial charge in [-0.05, 0) is 64.3 Å². The minimum Gasteiger partial charge on any atom is -0.298 e. The minimum atomic E-state index is -0.145. The summed E-state index contributed by atoms with van der Waals surface area (Å²) in [5.41, 5.74) is 8.57. The van der Waals surface area contributed by atoms with Crippen molar-refractivity contribution in [3.63, 3.8) is 0 Å². The van der Waals surface area contributed by atoms with Crippen molar-refractivity contribution < 1.29 is 0 Å². The fraction of sp³-hybridized carbons (Fsp3) is 0.294. The molecule has 0 radical (unpaired) electrons. The Labute approximate surface area is 226 Å². The Kier molecular flexibility index (Phi) is 5.68. The molecule has 0 saturated carbocycles. The van der Waals surface area contributed by atoms with E-state index in [1.54, 1.807) is 12.4 Å². The molecule has 1 atom stereocenters. The quantitative estimate of drug-likeness (QED) is 0.262. The van der Waals surface area contributed by atoms with Crippen LogP contribution in [0.5, 0.6) is 0 Å². The van der Waals surface area contributed by atoms with Crippen LogP contribution in [-0.4, -0.2) is 16.1 Å². The van der Waals surface area contributed by atoms with Crippen LogP contribution in [0.4, 0.5) is 23.0 Å². The average Bonchev–Trinajstić information content (AvgIpc) is 3.29. The molecule has 0 bridgehead atoms. The molecule has 2 aliphatic rings. The van der Waals surface area contributed by atoms with Gasteiger partial charge in [-0.2, -0.15) is 0 Å². The summed E-state index contributed by atoms with van der Waals surface area (Å²) < 4.78 is 0. The van der Waals surface area contributed by atoms with Crippen molar-refractivity contribution in [3.8, 4) is 11.1 Å². The van der Waals surface area contributed by atoms with E-state index in [1.807, 2.05) is 0 Å². The van der Waals surface area contributed by atoms with E-state index < -0.39 is 0 Å². The lowest BCUT2D eigenvalue weighted by molar-refractivity contribution is 0.425. The SMILES string of the molecule is C=C1C2N(c3ccccc3)c3nccnc3N2c2cc(-c3ccccc3C(C)(C)C)ccc2C1(CC)CC. The molecule has 4 heteroatoms. The number of hydrogen-bond donors (Lipinski definition) is 0. The zero-order chi connectivity index (χ0) is 26.7. The van der Waals surface area contributed by atoms with Crippen LogP contribution < -0.4 is 9.80 Å². The maximum absolute atomic E-state index is 4.89. The first kappa shape index (κ1) is 24.4. The number of para-hydroxylation sites is 1. The highest BCUT2D eigenvalue weighted by Crippen LogP contribution is 2.58. The molecule has 1 aromatic heterocycles. The number of rotatable bonds is 4. The van der Waals surface area contributed by atoms with Gasteiger partial charge in [0.25, 0.3) is 0 Å². The molecule has 0 amide bonds. The monoisotopic (exact) mass is 500 g/mol. The number of anilines is 4. The third kappa shape index (κ3) is 3.43. The normalized spacial score (nSPS) is 17.7. The standard InChI is InChI=1S/C34H36N4/c1-7-34(8-2)23(3)32-37(25-14-10-9-11-15-25)30-31(36-21-20-35-30)38(32)29-22-24(18-19-28(29)34)26-16-12-13-17-27(26)33(4,5)6/h9-22,32H,3,7-8H2,1-2,4-6H3. The summed E-state index contributed by atoms with van der Waals surface area (Å²) >= 11 is 0. The highest BCUT2D eigenvalue weighted by atomic mass is 15.5. The van der Waals surface area contributed by atoms with Gasteiger partial charge in [0, 0.05) is 29.2 Å². The molecule has 0 spiro atoms. The summed E-state index contributed by atoms with van der Waals surface area (Å²) in [6.07, 6.45) is 5.46. The van der Waals surface area contributed by atoms with Crippen LogP contribution in [0.25, 0.3) is 11.1 Å². The van der Waals surface area contributed by atoms with E-state index in [1.165, 1.54) is 33.5 Å². The third-order valence-corrected chi connectivity index (χ3v) is 8.59. The Balaban J connectivity index is 1.63. The number of nitrogens with zero attached hydrogens (tertiary/aromatic N) is 4. The topological polar surface area (TPSA) is 32.3 Å². The molecule has 3 heterocycles. The molecule has 6 rings (SSSR count). The highest BCUT2D eigenvalue weighted by molar-refractivity contribution is 5.90. The lowest BCUT2D eigenvalue weighted by Crippen LogP contribution is -2.50. The van der Waals surface area contributed by atoms with E-state index in [0.29, 0.717) is 0 Å². The summed E-state index contributed by atoms with van der Waals surface area (Å²) in [5, 5.41) is 0. The van der Waals surface area contributed by atoms with Gasteiger partial charge in [-0.1, -0.05) is 95.8 Å². The largest absolute Gasteiger partial charge is 0.298 e. The highest BCUT2D eigenvalue weighted by Gasteiger charge is 2.52. The van der Waals surface area contributed by atoms with Crippen molar-refractivity contribution in [2.24, 2.45) is 0 Å². The Bertz CT molecular complexity index is 1510. The molecular weight excluding hydrogens is 464 g/mol. The maximum Gasteiger partial charge on any atom is 0.178 e. The third-order valence-electron chi connectivity index (χ3n) is 8.59. The first-order valence-electron chi connectivity index (χ1n) is 13.7. The lowest BCUT2D eigenvalue weighted by atomic mass is 9.66. The van der Waals surface area contributed by atoms with Crippen LogP contribution in [0.3, 0.4) is 0 Å². The van der Waals surface area contributed by atoms with E-state index >= 15 is 0 Å². The Morgan fingerprint density at radius 3 is 2.11 bits per heavy atom. The van der Waals surface area contributed by atoms with Crippen LogP contribution >= 0.6 is 0 Å². The van der Waals surface area contributed by atoms with E-state index in [9.17, 15) is 0 Å². The van der Waals surface area contributed by atoms with E-state index in [-0.39, 0.29) is 17.0 Å². The van der Waals surface area contributed by atoms with Crippen molar-refractivity contribution in [2.75, 3.05) is 9.80 Å². The van der Waals surface area contributed by atoms with Gasteiger partial charge in [0.15, 0.2) is 11.6 Å². The Morgan fingerprint density at radius 1 is 0.816 bits per heavy atom. The van der Waals surface area contributed by atoms with Crippen LogP contribution in [0.1, 0.15) is 58.6 Å². The van der Waals surface area contributed by atoms with Gasteiger partial charge < -0.3 is 0 Å². The fourth-order valence-electron chi connectivity index (χ4n) is 6.62. The molecule has 0 saturated heterocycles. The van der Waals surface area contributed by atoms with Gasteiger partial charge in [-0.25, -0.2) is 9.97 Å². The molecule has 3 aromatic carbocycles. The van der Waals surface area contributed by atoms with E-state index in [4.69, 9.17) is 16.5 Å². The zero-order valence-electron chi connectivity index (χ0n) is 23.1. The lowest BCUT2D eigenvalue weighted by Gasteiger charge is -2.49. The van der Waals surface area contributed by atoms with Crippen LogP contribution in [0.2, 0.25) is 0 Å². The van der Waals surface area contributed by atoms with Crippen molar-refractivity contribution in [1.82, 2.24) is 9.97 Å². The Hall–Kier alpha value is -3.92. The van der Waals surface area contributed by atoms with Crippen LogP contribution in [-0.2, 0) is 10.8 Å². The minimum absolute atomic E-state index is 0.0374. The van der Waals surface area contributed by atoms with Crippen molar-refractivity contribution in [3.05, 3.63) is 108 Å². The van der Waals surface area contributed by atoms with Gasteiger partial charge in [-0.3, -0.25) is 9.80 Å². The van der Waals surface area contributed by atoms with Gasteiger partial charge in [0.05, 0.1) is 0 Å². The number of fused-ring (bicyclic) bond motifs is 5. The molecule has 0 aliphatic carbocycles. The second-order valence-corrected chi connectivity index (χ2v) is 11.5. The molecule has 0 N–H and O–H groups in total. The Morgan fingerprint density at radius 2 is 1.45 bits per heavy atom. The molecule has 2 aliphatic heterocycles. The van der Waals surface area contributed by atoms with E-state index in [2.05, 4.69) is 117 Å². The van der Waals surface area contributed by atoms with Crippen LogP contribution in [0, 0.1) is 0 Å². The summed E-state index contributed by atoms with van der Waals surface area (Å²) in [6, 6.07) is 26.4. The van der Waals surface area contributed by atoms with Gasteiger partial charge in [0.2, 0.25) is 0 Å². The average molecular weight is 501 g/mol. The molecule has 4 aromatic rings. The van der Waals surface area contributed by atoms with E-state index in [0.717, 1.165) is 30.2 Å². The molecule has 4 nitrogen and oxygen atoms in total. The predicted octanol–water partition coefficient (Wildman–Crippen LogP) is 8.68. The summed E-state index contributed by atoms with van der Waals surface area (Å²) in [4.78, 5) is 14.4. The van der Waals surface area contributed by atoms with Crippen LogP contribution in [0.15, 0.2) is 97.3 Å². The smallest absolute Gasteiger partial charge is 0.178 e. The second-order valence-electron chi connectivity index (χ2n) is 11.5. The summed E-state index contributed by atoms with van der Waals surface area (Å²) in [7, 11) is 0. The summed E-state index contributed by atoms with van der Waals surface area (Å²) in [5.74, 6) is 1.75. The molecular formula is C34H36N4. The second kappa shape index (κ2) is 8.83. The number of aromatic nitrogens is 2. The van der Waals surface area contributed by atoms with Gasteiger partial charge >= 0.3 is 0 Å². The zero-order valence-corrected chi connectivity index (χ0v) is 23.1. The molecule has 0 fully saturated rings. The number of benzene rings is 3. The maximum atomic E-state index is 4.89. The molecule has 192 valence electrons. The summed E-state index contributed by atoms with van der Waals surface area (Å²) in [6.45, 7) is 16.2. The van der Waals surface area contributed by atoms with Gasteiger partial charge in [-0.15, -0.1) is 0 Å². The van der Waals surface area contributed by atoms with Crippen molar-refractivity contribution in [2.45, 2.75) is 64.5 Å². The predicted molar refractivity (Wildman–Crippen MR) is 159 cm³/mol. The molecule has 1 unspecified atom stereocenters. The van der Waals surface area contributed by atoms with Gasteiger partial charge in [0.1, 0.15) is 6.17 Å². The van der Waals surface area contributed by atoms with Crippen molar-refractivity contribution >= 4 is 23.0 Å². The first-order valence-corrected chi connectivity index (χ1v) is 13.7. The fourth-order valence-corrected chi connectivity index (χ4v) is 6.62. The first-order chi connectivity index (χ1) is 18.3. The van der Waals surface area contributed by atoms with Crippen molar-refractivity contribution in [1.29, 1.82) is 0 Å². The molecule has 38 heavy (non-hydrogen) atoms.